The molecule has 0 fully saturated rings. The molecule has 1 aromatic rings. The second-order valence-electron chi connectivity index (χ2n) is 3.15. The van der Waals surface area contributed by atoms with Crippen molar-refractivity contribution in [3.8, 4) is 0 Å². The van der Waals surface area contributed by atoms with Gasteiger partial charge in [0.05, 0.1) is 12.3 Å². The van der Waals surface area contributed by atoms with E-state index in [4.69, 9.17) is 9.94 Å². The minimum Gasteiger partial charge on any atom is -0.393 e. The molecule has 1 atom stereocenters. The molecule has 1 heterocycles. The third kappa shape index (κ3) is 2.19. The summed E-state index contributed by atoms with van der Waals surface area (Å²) in [6.07, 6.45) is 1.23. The molecule has 2 rings (SSSR count). The summed E-state index contributed by atoms with van der Waals surface area (Å²) >= 11 is 3.18. The first-order valence-electron chi connectivity index (χ1n) is 4.40. The van der Waals surface area contributed by atoms with Gasteiger partial charge >= 0.3 is 0 Å². The lowest BCUT2D eigenvalue weighted by molar-refractivity contribution is 0.0172. The van der Waals surface area contributed by atoms with Crippen LogP contribution in [-0.2, 0) is 4.84 Å². The predicted molar refractivity (Wildman–Crippen MR) is 57.2 cm³/mol. The van der Waals surface area contributed by atoms with Crippen molar-refractivity contribution in [2.45, 2.75) is 6.10 Å². The third-order valence-electron chi connectivity index (χ3n) is 2.07. The second kappa shape index (κ2) is 4.30. The van der Waals surface area contributed by atoms with Crippen LogP contribution in [-0.4, -0.2) is 17.8 Å². The van der Waals surface area contributed by atoms with Gasteiger partial charge in [0, 0.05) is 10.0 Å². The van der Waals surface area contributed by atoms with Crippen molar-refractivity contribution >= 4 is 21.6 Å². The summed E-state index contributed by atoms with van der Waals surface area (Å²) in [6, 6.07) is 4.76. The minimum atomic E-state index is -0.414. The van der Waals surface area contributed by atoms with Crippen LogP contribution in [0.5, 0.6) is 0 Å². The molecule has 1 aromatic carbocycles. The zero-order chi connectivity index (χ0) is 10.8. The van der Waals surface area contributed by atoms with Crippen LogP contribution >= 0.6 is 15.9 Å². The van der Waals surface area contributed by atoms with Crippen molar-refractivity contribution in [3.63, 3.8) is 0 Å². The van der Waals surface area contributed by atoms with Gasteiger partial charge < -0.3 is 5.11 Å². The predicted octanol–water partition coefficient (Wildman–Crippen LogP) is 1.82. The summed E-state index contributed by atoms with van der Waals surface area (Å²) in [7, 11) is 0. The van der Waals surface area contributed by atoms with Gasteiger partial charge in [-0.05, 0) is 24.3 Å². The molecule has 5 heteroatoms. The summed E-state index contributed by atoms with van der Waals surface area (Å²) < 4.78 is 14.2. The van der Waals surface area contributed by atoms with E-state index in [1.165, 1.54) is 6.07 Å². The highest BCUT2D eigenvalue weighted by Gasteiger charge is 2.18. The van der Waals surface area contributed by atoms with E-state index in [9.17, 15) is 4.39 Å². The molecule has 0 amide bonds. The Hall–Kier alpha value is -0.910. The summed E-state index contributed by atoms with van der Waals surface area (Å²) in [6.45, 7) is -0.130. The first kappa shape index (κ1) is 10.6. The monoisotopic (exact) mass is 273 g/mol. The van der Waals surface area contributed by atoms with E-state index in [0.717, 1.165) is 0 Å². The number of hydroxylamine groups is 1. The molecule has 1 aliphatic rings. The largest absolute Gasteiger partial charge is 0.393 e. The maximum atomic E-state index is 13.5. The highest BCUT2D eigenvalue weighted by molar-refractivity contribution is 9.10. The first-order valence-corrected chi connectivity index (χ1v) is 5.20. The number of halogens is 2. The normalized spacial score (nSPS) is 19.9. The summed E-state index contributed by atoms with van der Waals surface area (Å²) in [5, 5.41) is 8.83. The molecule has 3 nitrogen and oxygen atoms in total. The molecule has 0 aliphatic carbocycles. The van der Waals surface area contributed by atoms with Crippen molar-refractivity contribution in [3.05, 3.63) is 40.1 Å². The summed E-state index contributed by atoms with van der Waals surface area (Å²) in [4.78, 5) is 4.98. The zero-order valence-corrected chi connectivity index (χ0v) is 9.29. The van der Waals surface area contributed by atoms with E-state index >= 15 is 0 Å². The van der Waals surface area contributed by atoms with Gasteiger partial charge in [-0.15, -0.1) is 0 Å². The van der Waals surface area contributed by atoms with E-state index in [-0.39, 0.29) is 12.4 Å². The molecule has 0 radical (unpaired) electrons. The van der Waals surface area contributed by atoms with Crippen LogP contribution in [0.25, 0.3) is 5.70 Å². The average molecular weight is 274 g/mol. The number of aliphatic hydroxyl groups excluding tert-OH is 1. The molecule has 2 N–H and O–H groups in total. The van der Waals surface area contributed by atoms with Crippen molar-refractivity contribution in [1.29, 1.82) is 0 Å². The van der Waals surface area contributed by atoms with Gasteiger partial charge in [0.2, 0.25) is 0 Å². The van der Waals surface area contributed by atoms with Gasteiger partial charge in [-0.1, -0.05) is 15.9 Å². The van der Waals surface area contributed by atoms with E-state index < -0.39 is 6.10 Å². The highest BCUT2D eigenvalue weighted by Crippen LogP contribution is 2.23. The number of hydrogen-bond donors (Lipinski definition) is 2. The Morgan fingerprint density at radius 2 is 2.33 bits per heavy atom. The molecule has 80 valence electrons. The standard InChI is InChI=1S/C10H9BrFNO2/c11-6-1-2-8(9(12)3-6)10-4-7(5-14)15-13-10/h1-4,7,13-14H,5H2. The van der Waals surface area contributed by atoms with E-state index in [1.807, 2.05) is 0 Å². The Balaban J connectivity index is 2.31. The highest BCUT2D eigenvalue weighted by atomic mass is 79.9. The van der Waals surface area contributed by atoms with Crippen molar-refractivity contribution in [1.82, 2.24) is 5.48 Å². The Morgan fingerprint density at radius 3 is 2.93 bits per heavy atom. The summed E-state index contributed by atoms with van der Waals surface area (Å²) in [5.41, 5.74) is 3.55. The maximum Gasteiger partial charge on any atom is 0.133 e. The van der Waals surface area contributed by atoms with Gasteiger partial charge in [-0.25, -0.2) is 4.39 Å². The topological polar surface area (TPSA) is 41.5 Å². The lowest BCUT2D eigenvalue weighted by atomic mass is 10.1. The Morgan fingerprint density at radius 1 is 1.53 bits per heavy atom. The quantitative estimate of drug-likeness (QED) is 0.864. The maximum absolute atomic E-state index is 13.5. The van der Waals surface area contributed by atoms with Gasteiger partial charge in [0.15, 0.2) is 0 Å². The smallest absolute Gasteiger partial charge is 0.133 e. The number of benzene rings is 1. The lowest BCUT2D eigenvalue weighted by Gasteiger charge is -2.05. The fourth-order valence-electron chi connectivity index (χ4n) is 1.34. The van der Waals surface area contributed by atoms with Crippen molar-refractivity contribution in [2.24, 2.45) is 0 Å². The van der Waals surface area contributed by atoms with E-state index in [0.29, 0.717) is 15.7 Å². The minimum absolute atomic E-state index is 0.130. The molecule has 15 heavy (non-hydrogen) atoms. The van der Waals surface area contributed by atoms with Crippen LogP contribution < -0.4 is 5.48 Å². The van der Waals surface area contributed by atoms with Crippen LogP contribution in [0.3, 0.4) is 0 Å². The van der Waals surface area contributed by atoms with Crippen molar-refractivity contribution in [2.75, 3.05) is 6.61 Å². The number of aliphatic hydroxyl groups is 1. The molecule has 0 saturated carbocycles. The molecular weight excluding hydrogens is 265 g/mol. The Bertz CT molecular complexity index is 408. The van der Waals surface area contributed by atoms with Gasteiger partial charge in [0.25, 0.3) is 0 Å². The van der Waals surface area contributed by atoms with Gasteiger partial charge in [0.1, 0.15) is 11.9 Å². The molecule has 0 bridgehead atoms. The number of hydrogen-bond acceptors (Lipinski definition) is 3. The number of nitrogens with one attached hydrogen (secondary N) is 1. The lowest BCUT2D eigenvalue weighted by Crippen LogP contribution is -2.15. The van der Waals surface area contributed by atoms with Crippen LogP contribution in [0.15, 0.2) is 28.7 Å². The van der Waals surface area contributed by atoms with E-state index in [1.54, 1.807) is 18.2 Å². The van der Waals surface area contributed by atoms with Crippen LogP contribution in [0.1, 0.15) is 5.56 Å². The van der Waals surface area contributed by atoms with Crippen molar-refractivity contribution < 1.29 is 14.3 Å². The SMILES string of the molecule is OCC1C=C(c2ccc(Br)cc2F)NO1. The Labute approximate surface area is 94.6 Å². The molecular formula is C10H9BrFNO2. The molecule has 0 saturated heterocycles. The van der Waals surface area contributed by atoms with Gasteiger partial charge in [-0.2, -0.15) is 0 Å². The average Bonchev–Trinajstić information content (AvgIpc) is 2.66. The number of rotatable bonds is 2. The third-order valence-corrected chi connectivity index (χ3v) is 2.57. The molecule has 1 aliphatic heterocycles. The van der Waals surface area contributed by atoms with Crippen LogP contribution in [0, 0.1) is 5.82 Å². The van der Waals surface area contributed by atoms with Crippen LogP contribution in [0.4, 0.5) is 4.39 Å². The molecule has 0 spiro atoms. The fraction of sp³-hybridized carbons (Fsp3) is 0.200. The first-order chi connectivity index (χ1) is 7.20. The molecule has 1 unspecified atom stereocenters. The fourth-order valence-corrected chi connectivity index (χ4v) is 1.67. The second-order valence-corrected chi connectivity index (χ2v) is 4.06. The zero-order valence-electron chi connectivity index (χ0n) is 7.71. The Kier molecular flexibility index (Phi) is 3.04. The molecule has 0 aromatic heterocycles. The van der Waals surface area contributed by atoms with Gasteiger partial charge in [-0.3, -0.25) is 10.3 Å². The van der Waals surface area contributed by atoms with Crippen LogP contribution in [0.2, 0.25) is 0 Å². The van der Waals surface area contributed by atoms with E-state index in [2.05, 4.69) is 21.4 Å². The summed E-state index contributed by atoms with van der Waals surface area (Å²) in [5.74, 6) is -0.342.